The Morgan fingerprint density at radius 2 is 2.11 bits per heavy atom. The van der Waals surface area contributed by atoms with Crippen LogP contribution in [-0.2, 0) is 6.54 Å². The molecule has 0 atom stereocenters. The Kier molecular flexibility index (Phi) is 5.11. The van der Waals surface area contributed by atoms with Crippen LogP contribution in [0.5, 0.6) is 0 Å². The molecule has 0 aliphatic heterocycles. The number of hydrogen-bond acceptors (Lipinski definition) is 3. The maximum Gasteiger partial charge on any atom is 0.0758 e. The zero-order valence-corrected chi connectivity index (χ0v) is 11.8. The number of nitrogens with zero attached hydrogens (tertiary/aromatic N) is 1. The van der Waals surface area contributed by atoms with E-state index in [1.165, 1.54) is 5.56 Å². The van der Waals surface area contributed by atoms with Crippen molar-refractivity contribution < 1.29 is 5.11 Å². The molecule has 18 heavy (non-hydrogen) atoms. The summed E-state index contributed by atoms with van der Waals surface area (Å²) in [6.45, 7) is 2.00. The third-order valence-corrected chi connectivity index (χ3v) is 3.57. The molecular formula is C14H17BrN2O. The lowest BCUT2D eigenvalue weighted by atomic mass is 10.1. The summed E-state index contributed by atoms with van der Waals surface area (Å²) in [5.41, 5.74) is 2.25. The second-order valence-corrected chi connectivity index (χ2v) is 5.07. The van der Waals surface area contributed by atoms with Gasteiger partial charge >= 0.3 is 0 Å². The highest BCUT2D eigenvalue weighted by Gasteiger charge is 2.04. The Bertz CT molecular complexity index is 516. The molecule has 0 aliphatic rings. The number of aromatic nitrogens is 1. The quantitative estimate of drug-likeness (QED) is 0.807. The molecule has 0 amide bonds. The number of rotatable bonds is 6. The number of fused-ring (bicyclic) bond motifs is 1. The molecule has 0 unspecified atom stereocenters. The van der Waals surface area contributed by atoms with Gasteiger partial charge in [0.1, 0.15) is 0 Å². The molecule has 0 aliphatic carbocycles. The average Bonchev–Trinajstić information content (AvgIpc) is 2.41. The molecule has 0 saturated heterocycles. The van der Waals surface area contributed by atoms with Gasteiger partial charge in [-0.1, -0.05) is 28.1 Å². The summed E-state index contributed by atoms with van der Waals surface area (Å²) in [5.74, 6) is 0. The molecule has 0 spiro atoms. The van der Waals surface area contributed by atoms with E-state index in [2.05, 4.69) is 44.4 Å². The summed E-state index contributed by atoms with van der Waals surface area (Å²) in [7, 11) is 0. The number of hydrogen-bond donors (Lipinski definition) is 2. The molecule has 0 radical (unpaired) electrons. The van der Waals surface area contributed by atoms with Gasteiger partial charge < -0.3 is 10.4 Å². The third kappa shape index (κ3) is 3.28. The maximum absolute atomic E-state index is 8.71. The predicted octanol–water partition coefficient (Wildman–Crippen LogP) is 2.86. The van der Waals surface area contributed by atoms with Gasteiger partial charge in [0.05, 0.1) is 5.52 Å². The number of halogens is 1. The molecule has 1 aromatic heterocycles. The van der Waals surface area contributed by atoms with E-state index in [0.717, 1.165) is 41.3 Å². The van der Waals surface area contributed by atoms with Gasteiger partial charge in [0.2, 0.25) is 0 Å². The van der Waals surface area contributed by atoms with E-state index in [0.29, 0.717) is 0 Å². The second-order valence-electron chi connectivity index (χ2n) is 4.21. The Balaban J connectivity index is 2.07. The Morgan fingerprint density at radius 1 is 1.22 bits per heavy atom. The van der Waals surface area contributed by atoms with E-state index in [1.807, 2.05) is 12.3 Å². The number of pyridine rings is 1. The lowest BCUT2D eigenvalue weighted by molar-refractivity contribution is 0.283. The van der Waals surface area contributed by atoms with Gasteiger partial charge in [-0.2, -0.15) is 0 Å². The number of aliphatic hydroxyl groups excluding tert-OH is 1. The summed E-state index contributed by atoms with van der Waals surface area (Å²) in [5, 5.41) is 13.2. The van der Waals surface area contributed by atoms with Crippen molar-refractivity contribution in [3.63, 3.8) is 0 Å². The molecule has 2 N–H and O–H groups in total. The minimum Gasteiger partial charge on any atom is -0.396 e. The predicted molar refractivity (Wildman–Crippen MR) is 77.5 cm³/mol. The van der Waals surface area contributed by atoms with Crippen molar-refractivity contribution in [2.24, 2.45) is 0 Å². The first-order valence-electron chi connectivity index (χ1n) is 6.16. The molecule has 2 rings (SSSR count). The molecule has 0 saturated carbocycles. The standard InChI is InChI=1S/C14H17BrN2O/c15-13-6-5-11(10-16-7-1-2-9-18)14-12(13)4-3-8-17-14/h3-6,8,16,18H,1-2,7,9-10H2. The molecule has 1 heterocycles. The van der Waals surface area contributed by atoms with Crippen molar-refractivity contribution in [3.05, 3.63) is 40.5 Å². The lowest BCUT2D eigenvalue weighted by Gasteiger charge is -2.08. The van der Waals surface area contributed by atoms with E-state index in [4.69, 9.17) is 5.11 Å². The minimum atomic E-state index is 0.268. The van der Waals surface area contributed by atoms with Crippen LogP contribution in [0.4, 0.5) is 0 Å². The van der Waals surface area contributed by atoms with Gasteiger partial charge in [0.25, 0.3) is 0 Å². The summed E-state index contributed by atoms with van der Waals surface area (Å²) < 4.78 is 1.08. The first kappa shape index (κ1) is 13.5. The van der Waals surface area contributed by atoms with Crippen LogP contribution >= 0.6 is 15.9 Å². The van der Waals surface area contributed by atoms with Gasteiger partial charge in [0, 0.05) is 29.2 Å². The van der Waals surface area contributed by atoms with E-state index in [1.54, 1.807) is 0 Å². The Hall–Kier alpha value is -0.970. The zero-order valence-electron chi connectivity index (χ0n) is 10.2. The lowest BCUT2D eigenvalue weighted by Crippen LogP contribution is -2.15. The van der Waals surface area contributed by atoms with Gasteiger partial charge in [-0.05, 0) is 37.1 Å². The summed E-state index contributed by atoms with van der Waals surface area (Å²) in [4.78, 5) is 4.45. The van der Waals surface area contributed by atoms with Crippen LogP contribution in [0.1, 0.15) is 18.4 Å². The monoisotopic (exact) mass is 308 g/mol. The van der Waals surface area contributed by atoms with Crippen LogP contribution in [0, 0.1) is 0 Å². The molecule has 1 aromatic carbocycles. The van der Waals surface area contributed by atoms with Gasteiger partial charge in [-0.3, -0.25) is 4.98 Å². The van der Waals surface area contributed by atoms with Crippen LogP contribution in [0.2, 0.25) is 0 Å². The highest BCUT2D eigenvalue weighted by Crippen LogP contribution is 2.24. The van der Waals surface area contributed by atoms with Gasteiger partial charge in [-0.15, -0.1) is 0 Å². The summed E-state index contributed by atoms with van der Waals surface area (Å²) >= 11 is 3.55. The third-order valence-electron chi connectivity index (χ3n) is 2.88. The zero-order chi connectivity index (χ0) is 12.8. The fourth-order valence-corrected chi connectivity index (χ4v) is 2.38. The molecule has 96 valence electrons. The molecule has 0 fully saturated rings. The molecular weight excluding hydrogens is 292 g/mol. The van der Waals surface area contributed by atoms with Crippen LogP contribution in [0.15, 0.2) is 34.9 Å². The minimum absolute atomic E-state index is 0.268. The Morgan fingerprint density at radius 3 is 2.94 bits per heavy atom. The fraction of sp³-hybridized carbons (Fsp3) is 0.357. The van der Waals surface area contributed by atoms with Crippen molar-refractivity contribution in [3.8, 4) is 0 Å². The molecule has 0 bridgehead atoms. The largest absolute Gasteiger partial charge is 0.396 e. The highest BCUT2D eigenvalue weighted by molar-refractivity contribution is 9.10. The number of unbranched alkanes of at least 4 members (excludes halogenated alkanes) is 1. The number of aliphatic hydroxyl groups is 1. The number of benzene rings is 1. The first-order valence-corrected chi connectivity index (χ1v) is 6.96. The van der Waals surface area contributed by atoms with Crippen molar-refractivity contribution in [2.45, 2.75) is 19.4 Å². The van der Waals surface area contributed by atoms with Crippen LogP contribution in [0.3, 0.4) is 0 Å². The topological polar surface area (TPSA) is 45.1 Å². The molecule has 3 nitrogen and oxygen atoms in total. The summed E-state index contributed by atoms with van der Waals surface area (Å²) in [6, 6.07) is 8.18. The average molecular weight is 309 g/mol. The number of nitrogens with one attached hydrogen (secondary N) is 1. The molecule has 2 aromatic rings. The van der Waals surface area contributed by atoms with E-state index in [-0.39, 0.29) is 6.61 Å². The SMILES string of the molecule is OCCCCNCc1ccc(Br)c2cccnc12. The second kappa shape index (κ2) is 6.83. The highest BCUT2D eigenvalue weighted by atomic mass is 79.9. The van der Waals surface area contributed by atoms with E-state index < -0.39 is 0 Å². The van der Waals surface area contributed by atoms with Crippen LogP contribution in [-0.4, -0.2) is 23.2 Å². The van der Waals surface area contributed by atoms with E-state index >= 15 is 0 Å². The van der Waals surface area contributed by atoms with Crippen LogP contribution < -0.4 is 5.32 Å². The normalized spacial score (nSPS) is 11.0. The van der Waals surface area contributed by atoms with Crippen molar-refractivity contribution in [2.75, 3.05) is 13.2 Å². The van der Waals surface area contributed by atoms with Crippen LogP contribution in [0.25, 0.3) is 10.9 Å². The summed E-state index contributed by atoms with van der Waals surface area (Å²) in [6.07, 6.45) is 3.68. The molecule has 4 heteroatoms. The first-order chi connectivity index (χ1) is 8.83. The Labute approximate surface area is 115 Å². The maximum atomic E-state index is 8.71. The van der Waals surface area contributed by atoms with Gasteiger partial charge in [0.15, 0.2) is 0 Å². The van der Waals surface area contributed by atoms with E-state index in [9.17, 15) is 0 Å². The smallest absolute Gasteiger partial charge is 0.0758 e. The van der Waals surface area contributed by atoms with Gasteiger partial charge in [-0.25, -0.2) is 0 Å². The van der Waals surface area contributed by atoms with Crippen molar-refractivity contribution in [1.82, 2.24) is 10.3 Å². The fourth-order valence-electron chi connectivity index (χ4n) is 1.92. The van der Waals surface area contributed by atoms with Crippen molar-refractivity contribution in [1.29, 1.82) is 0 Å². The van der Waals surface area contributed by atoms with Crippen molar-refractivity contribution >= 4 is 26.8 Å².